The highest BCUT2D eigenvalue weighted by atomic mass is 31.1. The van der Waals surface area contributed by atoms with Crippen LogP contribution in [0.25, 0.3) is 11.1 Å². The van der Waals surface area contributed by atoms with Crippen LogP contribution >= 0.6 is 8.58 Å². The molecule has 0 heterocycles. The van der Waals surface area contributed by atoms with Crippen LogP contribution in [0.3, 0.4) is 0 Å². The molecule has 0 spiro atoms. The summed E-state index contributed by atoms with van der Waals surface area (Å²) in [4.78, 5) is 0. The lowest BCUT2D eigenvalue weighted by molar-refractivity contribution is 1.10. The van der Waals surface area contributed by atoms with Crippen LogP contribution in [0.4, 0.5) is 0 Å². The van der Waals surface area contributed by atoms with Crippen LogP contribution in [-0.2, 0) is 0 Å². The van der Waals surface area contributed by atoms with Crippen molar-refractivity contribution < 1.29 is 0 Å². The van der Waals surface area contributed by atoms with Crippen molar-refractivity contribution in [1.29, 1.82) is 0 Å². The van der Waals surface area contributed by atoms with E-state index in [0.29, 0.717) is 0 Å². The number of rotatable bonds is 4. The Morgan fingerprint density at radius 1 is 0.875 bits per heavy atom. The number of hydrogen-bond donors (Lipinski definition) is 0. The summed E-state index contributed by atoms with van der Waals surface area (Å²) in [6.45, 7) is 2.25. The summed E-state index contributed by atoms with van der Waals surface area (Å²) in [7, 11) is 0.929. The van der Waals surface area contributed by atoms with Crippen LogP contribution in [0.2, 0.25) is 0 Å². The standard InChI is InChI=1S/C15H17P/c1-2-12-16-15-11-7-6-10-14(15)13-8-4-3-5-9-13/h3-11,16H,2,12H2,1H3. The molecule has 0 fully saturated rings. The normalized spacial score (nSPS) is 11.1. The highest BCUT2D eigenvalue weighted by Crippen LogP contribution is 2.23. The lowest BCUT2D eigenvalue weighted by atomic mass is 10.1. The molecule has 1 atom stereocenters. The average Bonchev–Trinajstić information content (AvgIpc) is 2.38. The Morgan fingerprint density at radius 3 is 2.31 bits per heavy atom. The lowest BCUT2D eigenvalue weighted by Crippen LogP contribution is -2.00. The van der Waals surface area contributed by atoms with Gasteiger partial charge in [0, 0.05) is 0 Å². The van der Waals surface area contributed by atoms with E-state index in [9.17, 15) is 0 Å². The smallest absolute Gasteiger partial charge is 0.0110 e. The van der Waals surface area contributed by atoms with Gasteiger partial charge in [0.2, 0.25) is 0 Å². The van der Waals surface area contributed by atoms with E-state index in [4.69, 9.17) is 0 Å². The maximum absolute atomic E-state index is 2.26. The van der Waals surface area contributed by atoms with Gasteiger partial charge in [0.1, 0.15) is 0 Å². The number of benzene rings is 2. The van der Waals surface area contributed by atoms with Gasteiger partial charge in [0.25, 0.3) is 0 Å². The quantitative estimate of drug-likeness (QED) is 0.692. The summed E-state index contributed by atoms with van der Waals surface area (Å²) >= 11 is 0. The minimum absolute atomic E-state index is 0.929. The highest BCUT2D eigenvalue weighted by Gasteiger charge is 2.02. The van der Waals surface area contributed by atoms with Crippen molar-refractivity contribution in [1.82, 2.24) is 0 Å². The molecule has 0 aliphatic rings. The minimum Gasteiger partial charge on any atom is -0.0897 e. The van der Waals surface area contributed by atoms with Crippen molar-refractivity contribution in [2.24, 2.45) is 0 Å². The third-order valence-corrected chi connectivity index (χ3v) is 4.14. The second-order valence-corrected chi connectivity index (χ2v) is 5.23. The number of hydrogen-bond acceptors (Lipinski definition) is 0. The first-order chi connectivity index (χ1) is 7.92. The third kappa shape index (κ3) is 2.71. The van der Waals surface area contributed by atoms with Crippen molar-refractivity contribution in [2.45, 2.75) is 13.3 Å². The molecule has 2 rings (SSSR count). The summed E-state index contributed by atoms with van der Waals surface area (Å²) in [5.41, 5.74) is 2.73. The van der Waals surface area contributed by atoms with Gasteiger partial charge in [-0.3, -0.25) is 0 Å². The highest BCUT2D eigenvalue weighted by molar-refractivity contribution is 7.47. The molecule has 82 valence electrons. The predicted molar refractivity (Wildman–Crippen MR) is 75.0 cm³/mol. The molecule has 0 saturated carbocycles. The van der Waals surface area contributed by atoms with Crippen molar-refractivity contribution in [2.75, 3.05) is 6.16 Å². The average molecular weight is 228 g/mol. The molecule has 0 aliphatic heterocycles. The summed E-state index contributed by atoms with van der Waals surface area (Å²) in [6.07, 6.45) is 2.56. The van der Waals surface area contributed by atoms with E-state index in [-0.39, 0.29) is 0 Å². The summed E-state index contributed by atoms with van der Waals surface area (Å²) in [5, 5.41) is 1.50. The zero-order valence-electron chi connectivity index (χ0n) is 9.61. The predicted octanol–water partition coefficient (Wildman–Crippen LogP) is 4.07. The van der Waals surface area contributed by atoms with E-state index in [2.05, 4.69) is 61.5 Å². The first-order valence-electron chi connectivity index (χ1n) is 5.80. The fourth-order valence-electron chi connectivity index (χ4n) is 1.77. The second kappa shape index (κ2) is 5.82. The molecule has 0 saturated heterocycles. The monoisotopic (exact) mass is 228 g/mol. The third-order valence-electron chi connectivity index (χ3n) is 2.58. The maximum atomic E-state index is 2.26. The molecule has 16 heavy (non-hydrogen) atoms. The first-order valence-corrected chi connectivity index (χ1v) is 7.01. The molecular weight excluding hydrogens is 211 g/mol. The zero-order chi connectivity index (χ0) is 11.2. The van der Waals surface area contributed by atoms with Crippen LogP contribution in [0.5, 0.6) is 0 Å². The van der Waals surface area contributed by atoms with Crippen LogP contribution in [0.15, 0.2) is 54.6 Å². The van der Waals surface area contributed by atoms with Gasteiger partial charge >= 0.3 is 0 Å². The molecule has 0 N–H and O–H groups in total. The molecule has 0 nitrogen and oxygen atoms in total. The molecule has 0 amide bonds. The first kappa shape index (κ1) is 11.4. The Bertz CT molecular complexity index is 434. The fraction of sp³-hybridized carbons (Fsp3) is 0.200. The molecule has 0 aliphatic carbocycles. The Balaban J connectivity index is 2.33. The van der Waals surface area contributed by atoms with Crippen molar-refractivity contribution in [3.05, 3.63) is 54.6 Å². The van der Waals surface area contributed by atoms with Crippen molar-refractivity contribution in [3.63, 3.8) is 0 Å². The van der Waals surface area contributed by atoms with Gasteiger partial charge in [0.15, 0.2) is 0 Å². The van der Waals surface area contributed by atoms with Crippen LogP contribution in [0, 0.1) is 0 Å². The Hall–Kier alpha value is -1.13. The molecular formula is C15H17P. The Morgan fingerprint density at radius 2 is 1.56 bits per heavy atom. The molecule has 1 heteroatoms. The van der Waals surface area contributed by atoms with Crippen LogP contribution < -0.4 is 5.30 Å². The summed E-state index contributed by atoms with van der Waals surface area (Å²) < 4.78 is 0. The minimum atomic E-state index is 0.929. The van der Waals surface area contributed by atoms with E-state index in [0.717, 1.165) is 8.58 Å². The van der Waals surface area contributed by atoms with Gasteiger partial charge in [0.05, 0.1) is 0 Å². The lowest BCUT2D eigenvalue weighted by Gasteiger charge is -2.08. The summed E-state index contributed by atoms with van der Waals surface area (Å²) in [5.74, 6) is 0. The van der Waals surface area contributed by atoms with Crippen molar-refractivity contribution in [3.8, 4) is 11.1 Å². The van der Waals surface area contributed by atoms with E-state index < -0.39 is 0 Å². The van der Waals surface area contributed by atoms with E-state index in [1.807, 2.05) is 0 Å². The van der Waals surface area contributed by atoms with Crippen LogP contribution in [-0.4, -0.2) is 6.16 Å². The van der Waals surface area contributed by atoms with Gasteiger partial charge in [-0.1, -0.05) is 76.5 Å². The van der Waals surface area contributed by atoms with Gasteiger partial charge in [-0.05, 0) is 22.6 Å². The molecule has 2 aromatic rings. The Labute approximate surface area is 99.5 Å². The van der Waals surface area contributed by atoms with E-state index in [1.165, 1.54) is 29.0 Å². The van der Waals surface area contributed by atoms with Gasteiger partial charge in [-0.2, -0.15) is 0 Å². The largest absolute Gasteiger partial charge is 0.0897 e. The topological polar surface area (TPSA) is 0 Å². The maximum Gasteiger partial charge on any atom is -0.0110 e. The van der Waals surface area contributed by atoms with Crippen molar-refractivity contribution >= 4 is 13.9 Å². The zero-order valence-corrected chi connectivity index (χ0v) is 10.6. The van der Waals surface area contributed by atoms with Crippen LogP contribution in [0.1, 0.15) is 13.3 Å². The fourth-order valence-corrected chi connectivity index (χ4v) is 2.92. The molecule has 0 bridgehead atoms. The molecule has 0 radical (unpaired) electrons. The molecule has 0 aromatic heterocycles. The molecule has 1 unspecified atom stereocenters. The van der Waals surface area contributed by atoms with Gasteiger partial charge < -0.3 is 0 Å². The second-order valence-electron chi connectivity index (χ2n) is 3.84. The summed E-state index contributed by atoms with van der Waals surface area (Å²) in [6, 6.07) is 19.4. The molecule has 2 aromatic carbocycles. The Kier molecular flexibility index (Phi) is 4.13. The SMILES string of the molecule is CCCPc1ccccc1-c1ccccc1. The van der Waals surface area contributed by atoms with Gasteiger partial charge in [-0.15, -0.1) is 0 Å². The van der Waals surface area contributed by atoms with E-state index in [1.54, 1.807) is 0 Å². The van der Waals surface area contributed by atoms with Gasteiger partial charge in [-0.25, -0.2) is 0 Å². The van der Waals surface area contributed by atoms with E-state index >= 15 is 0 Å².